The molecule has 0 amide bonds. The number of aromatic nitrogens is 4. The first-order valence-corrected chi connectivity index (χ1v) is 21.1. The van der Waals surface area contributed by atoms with E-state index in [0.717, 1.165) is 0 Å². The second-order valence-corrected chi connectivity index (χ2v) is 16.0. The lowest BCUT2D eigenvalue weighted by Gasteiger charge is -2.34. The van der Waals surface area contributed by atoms with Gasteiger partial charge in [-0.2, -0.15) is 52.7 Å². The number of carbonyl (C=O) groups is 2. The van der Waals surface area contributed by atoms with Gasteiger partial charge in [0.2, 0.25) is 11.2 Å². The summed E-state index contributed by atoms with van der Waals surface area (Å²) in [6, 6.07) is 16.8. The number of halogens is 16. The standard InChI is InChI=1S/C23H19Cl2F6NO3.C21H15Cl2F6N3O2/c1-2-3-11-21(23(29,30)31,35-13-14-7-5-4-6-8-14)18(34)10-9-17(33)19-16(24)12-15(20(25)32-19)22(26,27)28;1-2-3-9-19(21(27,28)29,33-11-12-7-5-4-6-8-12)18-32-31-17(34-18)15-14(22)10-13(16(23)30-15)20(24,25)26/h2,4-8,12H,1,3,9-11,13H2;2,4-8,10H,1,3,9,11H2. The van der Waals surface area contributed by atoms with Gasteiger partial charge in [-0.1, -0.05) is 119 Å². The number of hydrogen-bond acceptors (Lipinski definition) is 9. The molecule has 0 aliphatic rings. The Morgan fingerprint density at radius 1 is 0.623 bits per heavy atom. The zero-order valence-corrected chi connectivity index (χ0v) is 38.1. The molecule has 2 unspecified atom stereocenters. The summed E-state index contributed by atoms with van der Waals surface area (Å²) in [5, 5.41) is 3.65. The SMILES string of the molecule is C=CCCC(OCc1ccccc1)(C(=O)CCC(=O)c1nc(Cl)c(C(F)(F)F)cc1Cl)C(F)(F)F.C=CCCC(OCc1ccccc1)(c1nnc(-c2nc(Cl)c(C(F)(F)F)cc2Cl)o1)C(F)(F)F. The first-order chi connectivity index (χ1) is 32.1. The van der Waals surface area contributed by atoms with Crippen molar-refractivity contribution in [3.63, 3.8) is 0 Å². The summed E-state index contributed by atoms with van der Waals surface area (Å²) in [7, 11) is 0. The number of alkyl halides is 12. The Bertz CT molecular complexity index is 2580. The smallest absolute Gasteiger partial charge is 0.416 e. The summed E-state index contributed by atoms with van der Waals surface area (Å²) in [6.45, 7) is 5.84. The highest BCUT2D eigenvalue weighted by molar-refractivity contribution is 6.35. The fourth-order valence-electron chi connectivity index (χ4n) is 6.14. The van der Waals surface area contributed by atoms with Crippen molar-refractivity contribution >= 4 is 58.0 Å². The number of hydrogen-bond donors (Lipinski definition) is 0. The van der Waals surface area contributed by atoms with E-state index in [1.54, 1.807) is 48.5 Å². The van der Waals surface area contributed by atoms with E-state index in [-0.39, 0.29) is 12.8 Å². The molecular weight excluding hydrogens is 1030 g/mol. The summed E-state index contributed by atoms with van der Waals surface area (Å²) < 4.78 is 179. The van der Waals surface area contributed by atoms with Gasteiger partial charge in [0.15, 0.2) is 11.6 Å². The van der Waals surface area contributed by atoms with E-state index in [1.165, 1.54) is 24.3 Å². The van der Waals surface area contributed by atoms with Crippen LogP contribution in [0.5, 0.6) is 0 Å². The van der Waals surface area contributed by atoms with E-state index in [0.29, 0.717) is 23.3 Å². The maximum Gasteiger partial charge on any atom is 0.426 e. The molecular formula is C44H34Cl4F12N4O5. The summed E-state index contributed by atoms with van der Waals surface area (Å²) in [4.78, 5) is 32.2. The van der Waals surface area contributed by atoms with Crippen LogP contribution in [0.2, 0.25) is 20.4 Å². The van der Waals surface area contributed by atoms with Gasteiger partial charge in [-0.05, 0) is 48.9 Å². The molecule has 69 heavy (non-hydrogen) atoms. The van der Waals surface area contributed by atoms with Crippen molar-refractivity contribution in [2.75, 3.05) is 0 Å². The van der Waals surface area contributed by atoms with Gasteiger partial charge in [0.05, 0.1) is 34.4 Å². The molecule has 0 saturated carbocycles. The second-order valence-electron chi connectivity index (χ2n) is 14.4. The first kappa shape index (κ1) is 56.5. The van der Waals surface area contributed by atoms with Crippen LogP contribution >= 0.6 is 46.4 Å². The van der Waals surface area contributed by atoms with Crippen LogP contribution in [-0.2, 0) is 45.4 Å². The average molecular weight is 1070 g/mol. The lowest BCUT2D eigenvalue weighted by molar-refractivity contribution is -0.299. The van der Waals surface area contributed by atoms with Crippen LogP contribution in [0.25, 0.3) is 11.6 Å². The minimum absolute atomic E-state index is 0.128. The predicted molar refractivity (Wildman–Crippen MR) is 228 cm³/mol. The van der Waals surface area contributed by atoms with E-state index in [1.807, 2.05) is 0 Å². The topological polar surface area (TPSA) is 117 Å². The second kappa shape index (κ2) is 23.2. The molecule has 0 aliphatic heterocycles. The summed E-state index contributed by atoms with van der Waals surface area (Å²) >= 11 is 22.7. The number of carbonyl (C=O) groups excluding carboxylic acids is 2. The van der Waals surface area contributed by atoms with Gasteiger partial charge in [0.1, 0.15) is 21.7 Å². The molecule has 3 heterocycles. The van der Waals surface area contributed by atoms with Crippen molar-refractivity contribution in [2.45, 2.75) is 87.6 Å². The number of ether oxygens (including phenoxy) is 2. The molecule has 0 saturated heterocycles. The Kier molecular flexibility index (Phi) is 19.0. The van der Waals surface area contributed by atoms with Crippen molar-refractivity contribution in [1.29, 1.82) is 0 Å². The minimum Gasteiger partial charge on any atom is -0.416 e. The van der Waals surface area contributed by atoms with E-state index in [2.05, 4.69) is 33.3 Å². The number of nitrogens with zero attached hydrogens (tertiary/aromatic N) is 4. The zero-order valence-electron chi connectivity index (χ0n) is 35.0. The zero-order chi connectivity index (χ0) is 51.6. The molecule has 5 rings (SSSR count). The van der Waals surface area contributed by atoms with E-state index < -0.39 is 141 Å². The number of benzene rings is 2. The maximum atomic E-state index is 14.4. The Hall–Kier alpha value is -5.06. The van der Waals surface area contributed by atoms with Crippen LogP contribution in [0.3, 0.4) is 0 Å². The molecule has 2 atom stereocenters. The molecule has 372 valence electrons. The fraction of sp³-hybridized carbons (Fsp3) is 0.318. The highest BCUT2D eigenvalue weighted by Gasteiger charge is 2.62. The van der Waals surface area contributed by atoms with Gasteiger partial charge in [0, 0.05) is 12.8 Å². The number of Topliss-reactive ketones (excluding diaryl/α,β-unsaturated/α-hetero) is 2. The number of ketones is 2. The van der Waals surface area contributed by atoms with Crippen molar-refractivity contribution in [1.82, 2.24) is 20.2 Å². The Morgan fingerprint density at radius 2 is 1.12 bits per heavy atom. The van der Waals surface area contributed by atoms with Gasteiger partial charge in [-0.3, -0.25) is 9.59 Å². The van der Waals surface area contributed by atoms with Gasteiger partial charge >= 0.3 is 24.7 Å². The molecule has 2 aromatic carbocycles. The number of pyridine rings is 2. The molecule has 0 spiro atoms. The Morgan fingerprint density at radius 3 is 1.61 bits per heavy atom. The van der Waals surface area contributed by atoms with Gasteiger partial charge in [-0.15, -0.1) is 23.4 Å². The van der Waals surface area contributed by atoms with Crippen LogP contribution < -0.4 is 0 Å². The van der Waals surface area contributed by atoms with E-state index in [9.17, 15) is 62.3 Å². The molecule has 5 aromatic rings. The molecule has 3 aromatic heterocycles. The largest absolute Gasteiger partial charge is 0.426 e. The summed E-state index contributed by atoms with van der Waals surface area (Å²) in [5.41, 5.74) is -9.34. The first-order valence-electron chi connectivity index (χ1n) is 19.6. The molecule has 0 bridgehead atoms. The third-order valence-electron chi connectivity index (χ3n) is 9.71. The minimum atomic E-state index is -5.13. The molecule has 25 heteroatoms. The Labute approximate surface area is 404 Å². The lowest BCUT2D eigenvalue weighted by atomic mass is 9.88. The molecule has 0 radical (unpaired) electrons. The lowest BCUT2D eigenvalue weighted by Crippen LogP contribution is -2.54. The summed E-state index contributed by atoms with van der Waals surface area (Å²) in [5.74, 6) is -4.11. The van der Waals surface area contributed by atoms with E-state index >= 15 is 0 Å². The highest BCUT2D eigenvalue weighted by Crippen LogP contribution is 2.47. The van der Waals surface area contributed by atoms with Crippen LogP contribution in [0.1, 0.15) is 77.2 Å². The fourth-order valence-corrected chi connectivity index (χ4v) is 7.12. The normalized spacial score (nSPS) is 14.0. The van der Waals surface area contributed by atoms with Crippen molar-refractivity contribution in [3.05, 3.63) is 152 Å². The average Bonchev–Trinajstić information content (AvgIpc) is 3.77. The van der Waals surface area contributed by atoms with Crippen molar-refractivity contribution in [3.8, 4) is 11.6 Å². The van der Waals surface area contributed by atoms with Crippen molar-refractivity contribution < 1.29 is 76.2 Å². The molecule has 0 N–H and O–H groups in total. The van der Waals surface area contributed by atoms with Crippen LogP contribution in [0.4, 0.5) is 52.7 Å². The van der Waals surface area contributed by atoms with E-state index in [4.69, 9.17) is 60.3 Å². The van der Waals surface area contributed by atoms with Gasteiger partial charge in [0.25, 0.3) is 11.8 Å². The molecule has 0 aliphatic carbocycles. The number of rotatable bonds is 19. The maximum absolute atomic E-state index is 14.4. The highest BCUT2D eigenvalue weighted by atomic mass is 35.5. The van der Waals surface area contributed by atoms with Crippen LogP contribution in [0, 0.1) is 0 Å². The number of allylic oxidation sites excluding steroid dienone is 2. The third kappa shape index (κ3) is 14.1. The van der Waals surface area contributed by atoms with Gasteiger partial charge < -0.3 is 13.9 Å². The Balaban J connectivity index is 0.000000301. The van der Waals surface area contributed by atoms with Gasteiger partial charge in [-0.25, -0.2) is 9.97 Å². The predicted octanol–water partition coefficient (Wildman–Crippen LogP) is 14.8. The monoisotopic (exact) mass is 1070 g/mol. The van der Waals surface area contributed by atoms with Crippen molar-refractivity contribution in [2.24, 2.45) is 0 Å². The molecule has 0 fully saturated rings. The van der Waals surface area contributed by atoms with Crippen LogP contribution in [0.15, 0.2) is 103 Å². The molecule has 9 nitrogen and oxygen atoms in total. The third-order valence-corrected chi connectivity index (χ3v) is 10.9. The van der Waals surface area contributed by atoms with Crippen LogP contribution in [-0.4, -0.2) is 49.7 Å². The quantitative estimate of drug-likeness (QED) is 0.0345. The summed E-state index contributed by atoms with van der Waals surface area (Å²) in [6.07, 6.45) is -20.9.